The molecule has 7 nitrogen and oxygen atoms in total. The van der Waals surface area contributed by atoms with Gasteiger partial charge in [-0.25, -0.2) is 14.8 Å². The molecule has 158 valence electrons. The molecule has 3 atom stereocenters. The number of anilines is 1. The van der Waals surface area contributed by atoms with Gasteiger partial charge in [0.25, 0.3) is 0 Å². The number of rotatable bonds is 3. The van der Waals surface area contributed by atoms with Crippen LogP contribution in [0.25, 0.3) is 0 Å². The Kier molecular flexibility index (Phi) is 4.68. The Morgan fingerprint density at radius 3 is 2.66 bits per heavy atom. The molecule has 1 N–H and O–H groups in total. The highest BCUT2D eigenvalue weighted by molar-refractivity contribution is 5.75. The van der Waals surface area contributed by atoms with Crippen molar-refractivity contribution in [1.82, 2.24) is 20.2 Å². The lowest BCUT2D eigenvalue weighted by Gasteiger charge is -2.63. The number of carbonyl (C=O) groups excluding carboxylic acids is 1. The zero-order chi connectivity index (χ0) is 20.2. The first-order valence-corrected chi connectivity index (χ1v) is 11.3. The molecule has 2 saturated heterocycles. The van der Waals surface area contributed by atoms with Crippen LogP contribution in [-0.2, 0) is 4.74 Å². The van der Waals surface area contributed by atoms with Gasteiger partial charge in [0.1, 0.15) is 0 Å². The van der Waals surface area contributed by atoms with E-state index >= 15 is 0 Å². The molecular weight excluding hydrogens is 366 g/mol. The first kappa shape index (κ1) is 19.1. The highest BCUT2D eigenvalue weighted by Crippen LogP contribution is 2.62. The van der Waals surface area contributed by atoms with Gasteiger partial charge in [-0.3, -0.25) is 0 Å². The van der Waals surface area contributed by atoms with E-state index in [0.717, 1.165) is 43.5 Å². The summed E-state index contributed by atoms with van der Waals surface area (Å²) in [6.45, 7) is 10.2. The van der Waals surface area contributed by atoms with E-state index in [4.69, 9.17) is 9.72 Å². The molecule has 1 aromatic heterocycles. The lowest BCUT2D eigenvalue weighted by atomic mass is 9.46. The number of nitrogens with zero attached hydrogens (tertiary/aromatic N) is 4. The van der Waals surface area contributed by atoms with Crippen LogP contribution in [-0.4, -0.2) is 65.8 Å². The summed E-state index contributed by atoms with van der Waals surface area (Å²) in [5.74, 6) is 1.70. The summed E-state index contributed by atoms with van der Waals surface area (Å²) in [6.07, 6.45) is 5.17. The molecule has 0 bridgehead atoms. The Labute approximate surface area is 173 Å². The molecule has 7 heteroatoms. The van der Waals surface area contributed by atoms with Gasteiger partial charge >= 0.3 is 6.03 Å². The van der Waals surface area contributed by atoms with Gasteiger partial charge < -0.3 is 19.9 Å². The normalized spacial score (nSPS) is 30.1. The maximum Gasteiger partial charge on any atom is 0.317 e. The molecule has 3 heterocycles. The summed E-state index contributed by atoms with van der Waals surface area (Å²) in [7, 11) is 0. The maximum absolute atomic E-state index is 13.0. The first-order chi connectivity index (χ1) is 14.0. The molecule has 1 aromatic rings. The lowest BCUT2D eigenvalue weighted by molar-refractivity contribution is -0.172. The number of nitrogens with one attached hydrogen (secondary N) is 1. The number of fused-ring (bicyclic) bond motifs is 2. The first-order valence-electron chi connectivity index (χ1n) is 11.3. The minimum atomic E-state index is 0.0966. The Morgan fingerprint density at radius 2 is 2.00 bits per heavy atom. The number of aromatic nitrogens is 2. The SMILES string of the molecule is Cc1cc(C(C)C)nc(N2CCN(C(=O)NC3C4CCOC4C34CCC4)CC2)n1. The quantitative estimate of drug-likeness (QED) is 0.846. The van der Waals surface area contributed by atoms with E-state index in [-0.39, 0.29) is 11.4 Å². The fraction of sp³-hybridized carbons (Fsp3) is 0.773. The number of amides is 2. The van der Waals surface area contributed by atoms with Crippen LogP contribution in [0.15, 0.2) is 6.07 Å². The minimum absolute atomic E-state index is 0.0966. The van der Waals surface area contributed by atoms with Gasteiger partial charge in [0.05, 0.1) is 6.10 Å². The summed E-state index contributed by atoms with van der Waals surface area (Å²) in [5, 5.41) is 3.40. The summed E-state index contributed by atoms with van der Waals surface area (Å²) >= 11 is 0. The molecule has 0 radical (unpaired) electrons. The molecule has 5 rings (SSSR count). The smallest absolute Gasteiger partial charge is 0.317 e. The predicted octanol–water partition coefficient (Wildman–Crippen LogP) is 2.70. The van der Waals surface area contributed by atoms with Gasteiger partial charge in [0.15, 0.2) is 0 Å². The van der Waals surface area contributed by atoms with E-state index in [0.29, 0.717) is 37.1 Å². The van der Waals surface area contributed by atoms with Crippen LogP contribution in [0.2, 0.25) is 0 Å². The second kappa shape index (κ2) is 7.11. The van der Waals surface area contributed by atoms with Crippen molar-refractivity contribution in [3.8, 4) is 0 Å². The number of hydrogen-bond acceptors (Lipinski definition) is 5. The topological polar surface area (TPSA) is 70.6 Å². The Bertz CT molecular complexity index is 785. The molecule has 0 aromatic carbocycles. The van der Waals surface area contributed by atoms with Gasteiger partial charge in [-0.1, -0.05) is 20.3 Å². The summed E-state index contributed by atoms with van der Waals surface area (Å²) in [6, 6.07) is 2.47. The van der Waals surface area contributed by atoms with Crippen LogP contribution in [0, 0.1) is 18.3 Å². The molecular formula is C22H33N5O2. The zero-order valence-electron chi connectivity index (χ0n) is 17.9. The van der Waals surface area contributed by atoms with Crippen molar-refractivity contribution < 1.29 is 9.53 Å². The largest absolute Gasteiger partial charge is 0.377 e. The highest BCUT2D eigenvalue weighted by Gasteiger charge is 2.67. The molecule has 2 amide bonds. The van der Waals surface area contributed by atoms with Crippen LogP contribution in [0.3, 0.4) is 0 Å². The number of carbonyl (C=O) groups is 1. The monoisotopic (exact) mass is 399 g/mol. The van der Waals surface area contributed by atoms with E-state index in [1.54, 1.807) is 0 Å². The van der Waals surface area contributed by atoms with Crippen molar-refractivity contribution >= 4 is 12.0 Å². The Balaban J connectivity index is 1.20. The van der Waals surface area contributed by atoms with Crippen LogP contribution in [0.5, 0.6) is 0 Å². The standard InChI is InChI=1S/C22H33N5O2/c1-14(2)17-13-15(3)23-20(24-17)26-8-10-27(11-9-26)21(28)25-18-16-5-12-29-19(16)22(18)6-4-7-22/h13-14,16,18-19H,4-12H2,1-3H3,(H,25,28). The molecule has 1 spiro atoms. The fourth-order valence-corrected chi connectivity index (χ4v) is 5.80. The average Bonchev–Trinajstić information content (AvgIpc) is 3.09. The van der Waals surface area contributed by atoms with Crippen LogP contribution >= 0.6 is 0 Å². The van der Waals surface area contributed by atoms with Crippen molar-refractivity contribution in [1.29, 1.82) is 0 Å². The maximum atomic E-state index is 13.0. The second-order valence-corrected chi connectivity index (χ2v) is 9.62. The molecule has 4 fully saturated rings. The molecule has 29 heavy (non-hydrogen) atoms. The van der Waals surface area contributed by atoms with E-state index in [2.05, 4.69) is 35.1 Å². The number of piperazine rings is 1. The third kappa shape index (κ3) is 3.09. The third-order valence-corrected chi connectivity index (χ3v) is 7.62. The van der Waals surface area contributed by atoms with Crippen LogP contribution < -0.4 is 10.2 Å². The van der Waals surface area contributed by atoms with Crippen molar-refractivity contribution in [2.75, 3.05) is 37.7 Å². The number of aryl methyl sites for hydroxylation is 1. The third-order valence-electron chi connectivity index (χ3n) is 7.62. The Morgan fingerprint density at radius 1 is 1.24 bits per heavy atom. The summed E-state index contributed by atoms with van der Waals surface area (Å²) in [4.78, 5) is 26.5. The average molecular weight is 400 g/mol. The van der Waals surface area contributed by atoms with E-state index in [9.17, 15) is 4.79 Å². The van der Waals surface area contributed by atoms with Crippen LogP contribution in [0.1, 0.15) is 56.8 Å². The van der Waals surface area contributed by atoms with E-state index in [1.807, 2.05) is 11.8 Å². The minimum Gasteiger partial charge on any atom is -0.377 e. The van der Waals surface area contributed by atoms with Gasteiger partial charge in [-0.2, -0.15) is 0 Å². The molecule has 2 saturated carbocycles. The Hall–Kier alpha value is -1.89. The van der Waals surface area contributed by atoms with Gasteiger partial charge in [0.2, 0.25) is 5.95 Å². The highest BCUT2D eigenvalue weighted by atomic mass is 16.5. The molecule has 4 aliphatic rings. The van der Waals surface area contributed by atoms with E-state index < -0.39 is 0 Å². The van der Waals surface area contributed by atoms with Gasteiger partial charge in [0, 0.05) is 61.5 Å². The molecule has 3 unspecified atom stereocenters. The number of urea groups is 1. The molecule has 2 aliphatic carbocycles. The van der Waals surface area contributed by atoms with Crippen molar-refractivity contribution in [3.05, 3.63) is 17.5 Å². The number of ether oxygens (including phenoxy) is 1. The van der Waals surface area contributed by atoms with Crippen molar-refractivity contribution in [3.63, 3.8) is 0 Å². The van der Waals surface area contributed by atoms with Gasteiger partial charge in [-0.05, 0) is 38.2 Å². The lowest BCUT2D eigenvalue weighted by Crippen LogP contribution is -2.72. The van der Waals surface area contributed by atoms with Gasteiger partial charge in [-0.15, -0.1) is 0 Å². The number of hydrogen-bond donors (Lipinski definition) is 1. The van der Waals surface area contributed by atoms with Crippen molar-refractivity contribution in [2.24, 2.45) is 11.3 Å². The van der Waals surface area contributed by atoms with E-state index in [1.165, 1.54) is 19.3 Å². The molecule has 2 aliphatic heterocycles. The van der Waals surface area contributed by atoms with Crippen LogP contribution in [0.4, 0.5) is 10.7 Å². The summed E-state index contributed by atoms with van der Waals surface area (Å²) in [5.41, 5.74) is 2.32. The van der Waals surface area contributed by atoms with Crippen molar-refractivity contribution in [2.45, 2.75) is 64.5 Å². The second-order valence-electron chi connectivity index (χ2n) is 9.62. The zero-order valence-corrected chi connectivity index (χ0v) is 17.9. The fourth-order valence-electron chi connectivity index (χ4n) is 5.80. The summed E-state index contributed by atoms with van der Waals surface area (Å²) < 4.78 is 5.98. The predicted molar refractivity (Wildman–Crippen MR) is 111 cm³/mol.